The lowest BCUT2D eigenvalue weighted by atomic mass is 10.0. The first-order valence-electron chi connectivity index (χ1n) is 6.77. The number of nitrogens with two attached hydrogens (primary N) is 1. The standard InChI is InChI=1S/C14H17N5O/c15-14(20)13-12(16-18-17-13)11-6-2-1-5-10(11)9-19-7-3-4-8-19/h1-2,5-6H,3-4,7-9H2,(H2,15,20)(H,16,17,18). The number of rotatable bonds is 4. The molecule has 2 heterocycles. The molecule has 3 N–H and O–H groups in total. The van der Waals surface area contributed by atoms with Crippen LogP contribution < -0.4 is 5.73 Å². The zero-order valence-electron chi connectivity index (χ0n) is 11.2. The molecule has 1 aliphatic heterocycles. The number of H-pyrrole nitrogens is 1. The molecule has 1 aromatic heterocycles. The molecule has 1 aliphatic rings. The fourth-order valence-corrected chi connectivity index (χ4v) is 2.66. The average Bonchev–Trinajstić information content (AvgIpc) is 3.09. The molecule has 0 atom stereocenters. The number of benzene rings is 1. The molecule has 0 aliphatic carbocycles. The highest BCUT2D eigenvalue weighted by molar-refractivity contribution is 5.97. The van der Waals surface area contributed by atoms with Crippen LogP contribution >= 0.6 is 0 Å². The zero-order valence-corrected chi connectivity index (χ0v) is 11.2. The van der Waals surface area contributed by atoms with Crippen LogP contribution in [0.15, 0.2) is 24.3 Å². The molecule has 1 aromatic carbocycles. The fourth-order valence-electron chi connectivity index (χ4n) is 2.66. The Hall–Kier alpha value is -2.21. The summed E-state index contributed by atoms with van der Waals surface area (Å²) >= 11 is 0. The van der Waals surface area contributed by atoms with Crippen LogP contribution in [0.5, 0.6) is 0 Å². The number of hydrogen-bond donors (Lipinski definition) is 2. The summed E-state index contributed by atoms with van der Waals surface area (Å²) in [7, 11) is 0. The molecule has 1 amide bonds. The zero-order chi connectivity index (χ0) is 13.9. The monoisotopic (exact) mass is 271 g/mol. The van der Waals surface area contributed by atoms with E-state index >= 15 is 0 Å². The van der Waals surface area contributed by atoms with Gasteiger partial charge in [0.15, 0.2) is 5.69 Å². The summed E-state index contributed by atoms with van der Waals surface area (Å²) in [5, 5.41) is 10.4. The SMILES string of the molecule is NC(=O)c1n[nH]nc1-c1ccccc1CN1CCCC1. The minimum atomic E-state index is -0.565. The predicted octanol–water partition coefficient (Wildman–Crippen LogP) is 1.17. The number of likely N-dealkylation sites (tertiary alicyclic amines) is 1. The van der Waals surface area contributed by atoms with Crippen molar-refractivity contribution in [3.05, 3.63) is 35.5 Å². The molecule has 104 valence electrons. The van der Waals surface area contributed by atoms with E-state index in [1.165, 1.54) is 12.8 Å². The largest absolute Gasteiger partial charge is 0.364 e. The van der Waals surface area contributed by atoms with Crippen LogP contribution in [0.25, 0.3) is 11.3 Å². The summed E-state index contributed by atoms with van der Waals surface area (Å²) in [5.41, 5.74) is 8.13. The van der Waals surface area contributed by atoms with E-state index in [1.54, 1.807) is 0 Å². The van der Waals surface area contributed by atoms with Gasteiger partial charge in [-0.3, -0.25) is 9.69 Å². The molecule has 0 bridgehead atoms. The van der Waals surface area contributed by atoms with Gasteiger partial charge in [-0.1, -0.05) is 24.3 Å². The lowest BCUT2D eigenvalue weighted by Gasteiger charge is -2.16. The third-order valence-electron chi connectivity index (χ3n) is 3.65. The third kappa shape index (κ3) is 2.42. The number of nitrogens with one attached hydrogen (secondary N) is 1. The van der Waals surface area contributed by atoms with Crippen molar-refractivity contribution in [3.8, 4) is 11.3 Å². The summed E-state index contributed by atoms with van der Waals surface area (Å²) in [5.74, 6) is -0.565. The molecule has 3 rings (SSSR count). The fraction of sp³-hybridized carbons (Fsp3) is 0.357. The van der Waals surface area contributed by atoms with Gasteiger partial charge in [0.1, 0.15) is 5.69 Å². The maximum absolute atomic E-state index is 11.4. The average molecular weight is 271 g/mol. The maximum Gasteiger partial charge on any atom is 0.271 e. The van der Waals surface area contributed by atoms with Crippen LogP contribution in [0.4, 0.5) is 0 Å². The summed E-state index contributed by atoms with van der Waals surface area (Å²) in [6.45, 7) is 3.10. The first-order chi connectivity index (χ1) is 9.75. The first kappa shape index (κ1) is 12.8. The number of carbonyl (C=O) groups is 1. The van der Waals surface area contributed by atoms with Crippen molar-refractivity contribution < 1.29 is 4.79 Å². The van der Waals surface area contributed by atoms with Crippen molar-refractivity contribution >= 4 is 5.91 Å². The van der Waals surface area contributed by atoms with E-state index in [9.17, 15) is 4.79 Å². The Balaban J connectivity index is 1.96. The van der Waals surface area contributed by atoms with Crippen LogP contribution in [-0.2, 0) is 6.54 Å². The van der Waals surface area contributed by atoms with Gasteiger partial charge >= 0.3 is 0 Å². The number of primary amides is 1. The lowest BCUT2D eigenvalue weighted by molar-refractivity contribution is 0.0996. The van der Waals surface area contributed by atoms with Gasteiger partial charge in [0.05, 0.1) is 0 Å². The summed E-state index contributed by atoms with van der Waals surface area (Å²) in [4.78, 5) is 13.8. The highest BCUT2D eigenvalue weighted by Gasteiger charge is 2.19. The molecule has 20 heavy (non-hydrogen) atoms. The number of aromatic nitrogens is 3. The minimum Gasteiger partial charge on any atom is -0.364 e. The molecular formula is C14H17N5O. The summed E-state index contributed by atoms with van der Waals surface area (Å²) < 4.78 is 0. The molecule has 1 fully saturated rings. The van der Waals surface area contributed by atoms with Crippen molar-refractivity contribution in [1.29, 1.82) is 0 Å². The second kappa shape index (κ2) is 5.42. The summed E-state index contributed by atoms with van der Waals surface area (Å²) in [6.07, 6.45) is 2.50. The number of hydrogen-bond acceptors (Lipinski definition) is 4. The number of nitrogens with zero attached hydrogens (tertiary/aromatic N) is 3. The van der Waals surface area contributed by atoms with Crippen LogP contribution in [0.2, 0.25) is 0 Å². The van der Waals surface area contributed by atoms with E-state index in [0.29, 0.717) is 5.69 Å². The normalized spacial score (nSPS) is 15.6. The van der Waals surface area contributed by atoms with Gasteiger partial charge in [0.2, 0.25) is 0 Å². The van der Waals surface area contributed by atoms with Crippen molar-refractivity contribution in [2.24, 2.45) is 5.73 Å². The molecule has 0 unspecified atom stereocenters. The molecule has 0 spiro atoms. The second-order valence-corrected chi connectivity index (χ2v) is 5.03. The quantitative estimate of drug-likeness (QED) is 0.873. The van der Waals surface area contributed by atoms with Gasteiger partial charge in [0.25, 0.3) is 5.91 Å². The van der Waals surface area contributed by atoms with Gasteiger partial charge in [-0.05, 0) is 31.5 Å². The van der Waals surface area contributed by atoms with Crippen LogP contribution in [0.3, 0.4) is 0 Å². The van der Waals surface area contributed by atoms with E-state index < -0.39 is 5.91 Å². The molecule has 6 heteroatoms. The number of aromatic amines is 1. The third-order valence-corrected chi connectivity index (χ3v) is 3.65. The molecule has 0 saturated carbocycles. The van der Waals surface area contributed by atoms with Crippen molar-refractivity contribution in [2.75, 3.05) is 13.1 Å². The van der Waals surface area contributed by atoms with Crippen LogP contribution in [0.1, 0.15) is 28.9 Å². The van der Waals surface area contributed by atoms with E-state index in [0.717, 1.165) is 30.8 Å². The molecular weight excluding hydrogens is 254 g/mol. The molecule has 1 saturated heterocycles. The maximum atomic E-state index is 11.4. The van der Waals surface area contributed by atoms with E-state index in [4.69, 9.17) is 5.73 Å². The topological polar surface area (TPSA) is 87.9 Å². The molecule has 0 radical (unpaired) electrons. The lowest BCUT2D eigenvalue weighted by Crippen LogP contribution is -2.19. The first-order valence-corrected chi connectivity index (χ1v) is 6.77. The van der Waals surface area contributed by atoms with Crippen LogP contribution in [0, 0.1) is 0 Å². The predicted molar refractivity (Wildman–Crippen MR) is 74.8 cm³/mol. The van der Waals surface area contributed by atoms with Gasteiger partial charge < -0.3 is 5.73 Å². The van der Waals surface area contributed by atoms with Crippen LogP contribution in [-0.4, -0.2) is 39.3 Å². The van der Waals surface area contributed by atoms with Gasteiger partial charge in [-0.15, -0.1) is 0 Å². The van der Waals surface area contributed by atoms with Gasteiger partial charge in [0, 0.05) is 12.1 Å². The second-order valence-electron chi connectivity index (χ2n) is 5.03. The van der Waals surface area contributed by atoms with Gasteiger partial charge in [-0.2, -0.15) is 15.4 Å². The highest BCUT2D eigenvalue weighted by Crippen LogP contribution is 2.25. The smallest absolute Gasteiger partial charge is 0.271 e. The highest BCUT2D eigenvalue weighted by atomic mass is 16.1. The molecule has 6 nitrogen and oxygen atoms in total. The minimum absolute atomic E-state index is 0.193. The van der Waals surface area contributed by atoms with E-state index in [-0.39, 0.29) is 5.69 Å². The Labute approximate surface area is 117 Å². The van der Waals surface area contributed by atoms with E-state index in [2.05, 4.69) is 26.4 Å². The Morgan fingerprint density at radius 3 is 2.75 bits per heavy atom. The van der Waals surface area contributed by atoms with Gasteiger partial charge in [-0.25, -0.2) is 0 Å². The number of carbonyl (C=O) groups excluding carboxylic acids is 1. The Bertz CT molecular complexity index is 616. The summed E-state index contributed by atoms with van der Waals surface area (Å²) in [6, 6.07) is 7.95. The van der Waals surface area contributed by atoms with E-state index in [1.807, 2.05) is 18.2 Å². The van der Waals surface area contributed by atoms with Crippen molar-refractivity contribution in [2.45, 2.75) is 19.4 Å². The van der Waals surface area contributed by atoms with Crippen molar-refractivity contribution in [3.63, 3.8) is 0 Å². The number of amides is 1. The Kier molecular flexibility index (Phi) is 3.47. The molecule has 2 aromatic rings. The van der Waals surface area contributed by atoms with Crippen molar-refractivity contribution in [1.82, 2.24) is 20.3 Å². The Morgan fingerprint density at radius 2 is 2.00 bits per heavy atom. The Morgan fingerprint density at radius 1 is 1.25 bits per heavy atom.